The molecule has 1 amide bonds. The first-order valence-corrected chi connectivity index (χ1v) is 9.32. The lowest BCUT2D eigenvalue weighted by Crippen LogP contribution is -2.50. The molecule has 0 spiro atoms. The third-order valence-electron chi connectivity index (χ3n) is 5.43. The summed E-state index contributed by atoms with van der Waals surface area (Å²) in [6, 6.07) is 7.94. The lowest BCUT2D eigenvalue weighted by atomic mass is 9.96. The standard InChI is InChI=1S/C20H28N4O2/c1-15-6-8-16(9-7-15)19-23-22-18(26-19)11-10-17(25)21-14-20(24(2)3)12-4-5-13-20/h6-9H,4-5,10-14H2,1-3H3,(H,21,25). The molecule has 1 fully saturated rings. The van der Waals surface area contributed by atoms with Crippen LogP contribution in [-0.4, -0.2) is 47.2 Å². The number of carbonyl (C=O) groups is 1. The molecule has 0 saturated heterocycles. The van der Waals surface area contributed by atoms with Gasteiger partial charge in [0.1, 0.15) is 0 Å². The van der Waals surface area contributed by atoms with E-state index in [2.05, 4.69) is 34.5 Å². The summed E-state index contributed by atoms with van der Waals surface area (Å²) in [7, 11) is 4.20. The largest absolute Gasteiger partial charge is 0.421 e. The highest BCUT2D eigenvalue weighted by atomic mass is 16.4. The van der Waals surface area contributed by atoms with E-state index in [0.717, 1.165) is 18.4 Å². The predicted molar refractivity (Wildman–Crippen MR) is 101 cm³/mol. The molecule has 1 N–H and O–H groups in total. The molecule has 1 heterocycles. The van der Waals surface area contributed by atoms with Crippen molar-refractivity contribution in [3.05, 3.63) is 35.7 Å². The van der Waals surface area contributed by atoms with Crippen molar-refractivity contribution >= 4 is 5.91 Å². The van der Waals surface area contributed by atoms with Gasteiger partial charge < -0.3 is 14.6 Å². The number of benzene rings is 1. The summed E-state index contributed by atoms with van der Waals surface area (Å²) in [5.74, 6) is 1.03. The number of carbonyl (C=O) groups excluding carboxylic acids is 1. The molecule has 1 aromatic carbocycles. The molecule has 1 aliphatic carbocycles. The van der Waals surface area contributed by atoms with Crippen molar-refractivity contribution in [2.45, 2.75) is 51.0 Å². The quantitative estimate of drug-likeness (QED) is 0.826. The van der Waals surface area contributed by atoms with Gasteiger partial charge in [-0.05, 0) is 46.0 Å². The Morgan fingerprint density at radius 1 is 1.19 bits per heavy atom. The molecule has 6 heteroatoms. The Morgan fingerprint density at radius 2 is 1.88 bits per heavy atom. The molecule has 0 unspecified atom stereocenters. The minimum atomic E-state index is 0.0354. The van der Waals surface area contributed by atoms with Crippen LogP contribution in [0, 0.1) is 6.92 Å². The van der Waals surface area contributed by atoms with Gasteiger partial charge in [-0.1, -0.05) is 30.5 Å². The van der Waals surface area contributed by atoms with Gasteiger partial charge in [-0.3, -0.25) is 4.79 Å². The maximum atomic E-state index is 12.2. The molecule has 140 valence electrons. The molecule has 1 aromatic heterocycles. The van der Waals surface area contributed by atoms with E-state index in [1.807, 2.05) is 31.2 Å². The number of hydrogen-bond donors (Lipinski definition) is 1. The zero-order valence-electron chi connectivity index (χ0n) is 15.9. The third kappa shape index (κ3) is 4.30. The van der Waals surface area contributed by atoms with Crippen LogP contribution in [0.25, 0.3) is 11.5 Å². The Hall–Kier alpha value is -2.21. The van der Waals surface area contributed by atoms with E-state index in [1.54, 1.807) is 0 Å². The van der Waals surface area contributed by atoms with Gasteiger partial charge in [0.05, 0.1) is 0 Å². The Labute approximate surface area is 155 Å². The first-order chi connectivity index (χ1) is 12.5. The summed E-state index contributed by atoms with van der Waals surface area (Å²) < 4.78 is 5.69. The second-order valence-corrected chi connectivity index (χ2v) is 7.47. The van der Waals surface area contributed by atoms with E-state index in [1.165, 1.54) is 18.4 Å². The Balaban J connectivity index is 1.50. The number of likely N-dealkylation sites (N-methyl/N-ethyl adjacent to an activating group) is 1. The maximum Gasteiger partial charge on any atom is 0.247 e. The van der Waals surface area contributed by atoms with Crippen molar-refractivity contribution in [1.82, 2.24) is 20.4 Å². The van der Waals surface area contributed by atoms with Gasteiger partial charge in [-0.15, -0.1) is 10.2 Å². The molecule has 6 nitrogen and oxygen atoms in total. The van der Waals surface area contributed by atoms with Crippen molar-refractivity contribution < 1.29 is 9.21 Å². The highest BCUT2D eigenvalue weighted by molar-refractivity contribution is 5.76. The third-order valence-corrected chi connectivity index (χ3v) is 5.43. The van der Waals surface area contributed by atoms with Crippen LogP contribution >= 0.6 is 0 Å². The van der Waals surface area contributed by atoms with Gasteiger partial charge >= 0.3 is 0 Å². The molecule has 2 aromatic rings. The SMILES string of the molecule is Cc1ccc(-c2nnc(CCC(=O)NCC3(N(C)C)CCCC3)o2)cc1. The molecule has 1 aliphatic rings. The molecule has 0 bridgehead atoms. The van der Waals surface area contributed by atoms with Crippen LogP contribution in [0.1, 0.15) is 43.6 Å². The number of aromatic nitrogens is 2. The van der Waals surface area contributed by atoms with Crippen molar-refractivity contribution in [1.29, 1.82) is 0 Å². The van der Waals surface area contributed by atoms with Crippen molar-refractivity contribution in [2.75, 3.05) is 20.6 Å². The zero-order valence-corrected chi connectivity index (χ0v) is 15.9. The van der Waals surface area contributed by atoms with Gasteiger partial charge in [-0.2, -0.15) is 0 Å². The smallest absolute Gasteiger partial charge is 0.247 e. The molecular weight excluding hydrogens is 328 g/mol. The fraction of sp³-hybridized carbons (Fsp3) is 0.550. The minimum absolute atomic E-state index is 0.0354. The lowest BCUT2D eigenvalue weighted by Gasteiger charge is -2.36. The first-order valence-electron chi connectivity index (χ1n) is 9.32. The zero-order chi connectivity index (χ0) is 18.6. The van der Waals surface area contributed by atoms with Crippen LogP contribution in [0.5, 0.6) is 0 Å². The van der Waals surface area contributed by atoms with E-state index in [9.17, 15) is 4.79 Å². The van der Waals surface area contributed by atoms with Crippen LogP contribution in [0.3, 0.4) is 0 Å². The highest BCUT2D eigenvalue weighted by Crippen LogP contribution is 2.33. The fourth-order valence-corrected chi connectivity index (χ4v) is 3.55. The second-order valence-electron chi connectivity index (χ2n) is 7.47. The van der Waals surface area contributed by atoms with E-state index in [-0.39, 0.29) is 11.4 Å². The van der Waals surface area contributed by atoms with Gasteiger partial charge in [0.15, 0.2) is 0 Å². The topological polar surface area (TPSA) is 71.3 Å². The second kappa shape index (κ2) is 7.99. The van der Waals surface area contributed by atoms with Crippen LogP contribution < -0.4 is 5.32 Å². The summed E-state index contributed by atoms with van der Waals surface area (Å²) in [5, 5.41) is 11.2. The molecule has 1 saturated carbocycles. The molecule has 3 rings (SSSR count). The molecule has 0 atom stereocenters. The van der Waals surface area contributed by atoms with Gasteiger partial charge in [0.2, 0.25) is 17.7 Å². The summed E-state index contributed by atoms with van der Waals surface area (Å²) in [6.45, 7) is 2.74. The van der Waals surface area contributed by atoms with Crippen LogP contribution in [-0.2, 0) is 11.2 Å². The normalized spacial score (nSPS) is 16.2. The molecular formula is C20H28N4O2. The monoisotopic (exact) mass is 356 g/mol. The molecule has 26 heavy (non-hydrogen) atoms. The van der Waals surface area contributed by atoms with Crippen molar-refractivity contribution in [2.24, 2.45) is 0 Å². The molecule has 0 radical (unpaired) electrons. The average molecular weight is 356 g/mol. The number of nitrogens with one attached hydrogen (secondary N) is 1. The van der Waals surface area contributed by atoms with E-state index in [0.29, 0.717) is 31.2 Å². The first kappa shape index (κ1) is 18.6. The average Bonchev–Trinajstić information content (AvgIpc) is 3.29. The van der Waals surface area contributed by atoms with Gasteiger partial charge in [-0.25, -0.2) is 0 Å². The summed E-state index contributed by atoms with van der Waals surface area (Å²) in [6.07, 6.45) is 5.57. The van der Waals surface area contributed by atoms with Gasteiger partial charge in [0.25, 0.3) is 0 Å². The maximum absolute atomic E-state index is 12.2. The van der Waals surface area contributed by atoms with E-state index in [4.69, 9.17) is 4.42 Å². The number of amides is 1. The fourth-order valence-electron chi connectivity index (χ4n) is 3.55. The number of aryl methyl sites for hydroxylation is 2. The van der Waals surface area contributed by atoms with E-state index >= 15 is 0 Å². The molecule has 0 aliphatic heterocycles. The Bertz CT molecular complexity index is 731. The van der Waals surface area contributed by atoms with Crippen molar-refractivity contribution in [3.63, 3.8) is 0 Å². The Morgan fingerprint density at radius 3 is 2.54 bits per heavy atom. The number of nitrogens with zero attached hydrogens (tertiary/aromatic N) is 3. The predicted octanol–water partition coefficient (Wildman–Crippen LogP) is 2.97. The van der Waals surface area contributed by atoms with Crippen LogP contribution in [0.2, 0.25) is 0 Å². The number of rotatable bonds is 7. The summed E-state index contributed by atoms with van der Waals surface area (Å²) in [5.41, 5.74) is 2.19. The van der Waals surface area contributed by atoms with E-state index < -0.39 is 0 Å². The lowest BCUT2D eigenvalue weighted by molar-refractivity contribution is -0.121. The van der Waals surface area contributed by atoms with Crippen LogP contribution in [0.4, 0.5) is 0 Å². The van der Waals surface area contributed by atoms with Crippen molar-refractivity contribution in [3.8, 4) is 11.5 Å². The summed E-state index contributed by atoms with van der Waals surface area (Å²) in [4.78, 5) is 14.5. The highest BCUT2D eigenvalue weighted by Gasteiger charge is 2.36. The Kier molecular flexibility index (Phi) is 5.71. The number of hydrogen-bond acceptors (Lipinski definition) is 5. The summed E-state index contributed by atoms with van der Waals surface area (Å²) >= 11 is 0. The van der Waals surface area contributed by atoms with Gasteiger partial charge in [0, 0.05) is 30.5 Å². The minimum Gasteiger partial charge on any atom is -0.421 e. The van der Waals surface area contributed by atoms with Crippen LogP contribution in [0.15, 0.2) is 28.7 Å².